The number of morpholine rings is 1. The van der Waals surface area contributed by atoms with E-state index in [2.05, 4.69) is 27.8 Å². The Balaban J connectivity index is 1.17. The van der Waals surface area contributed by atoms with Gasteiger partial charge < -0.3 is 15.4 Å². The molecule has 198 valence electrons. The normalized spacial score (nSPS) is 20.7. The van der Waals surface area contributed by atoms with Crippen molar-refractivity contribution >= 4 is 35.3 Å². The first-order valence-corrected chi connectivity index (χ1v) is 12.6. The number of urea groups is 1. The van der Waals surface area contributed by atoms with Crippen LogP contribution in [0.4, 0.5) is 10.5 Å². The van der Waals surface area contributed by atoms with Crippen LogP contribution < -0.4 is 16.0 Å². The van der Waals surface area contributed by atoms with Crippen molar-refractivity contribution in [2.24, 2.45) is 0 Å². The first-order chi connectivity index (χ1) is 18.3. The van der Waals surface area contributed by atoms with E-state index in [1.165, 1.54) is 6.07 Å². The third-order valence-electron chi connectivity index (χ3n) is 7.20. The SMILES string of the molecule is CC(c1ccc(NC(=O)NCc2ccc3c(c2)C(=O)N(C2CCC(=O)NC2=O)C3=O)cc1)N1CCOCC1. The third-order valence-corrected chi connectivity index (χ3v) is 7.20. The van der Waals surface area contributed by atoms with Crippen molar-refractivity contribution in [2.75, 3.05) is 31.6 Å². The molecule has 3 aliphatic rings. The van der Waals surface area contributed by atoms with Crippen molar-refractivity contribution in [3.8, 4) is 0 Å². The zero-order chi connectivity index (χ0) is 26.8. The molecule has 3 N–H and O–H groups in total. The smallest absolute Gasteiger partial charge is 0.319 e. The fourth-order valence-corrected chi connectivity index (χ4v) is 5.01. The number of fused-ring (bicyclic) bond motifs is 1. The molecule has 0 bridgehead atoms. The Morgan fingerprint density at radius 1 is 1.03 bits per heavy atom. The monoisotopic (exact) mass is 519 g/mol. The van der Waals surface area contributed by atoms with Crippen molar-refractivity contribution in [3.63, 3.8) is 0 Å². The number of benzene rings is 2. The van der Waals surface area contributed by atoms with Crippen molar-refractivity contribution < 1.29 is 28.7 Å². The summed E-state index contributed by atoms with van der Waals surface area (Å²) in [4.78, 5) is 65.2. The van der Waals surface area contributed by atoms with Gasteiger partial charge in [-0.1, -0.05) is 18.2 Å². The third kappa shape index (κ3) is 5.15. The van der Waals surface area contributed by atoms with Gasteiger partial charge in [-0.2, -0.15) is 0 Å². The molecule has 0 aliphatic carbocycles. The van der Waals surface area contributed by atoms with Crippen LogP contribution in [0.3, 0.4) is 0 Å². The number of nitrogens with one attached hydrogen (secondary N) is 3. The summed E-state index contributed by atoms with van der Waals surface area (Å²) in [5.74, 6) is -2.23. The maximum Gasteiger partial charge on any atom is 0.319 e. The summed E-state index contributed by atoms with van der Waals surface area (Å²) in [6.07, 6.45) is 0.154. The van der Waals surface area contributed by atoms with Crippen LogP contribution in [-0.2, 0) is 20.9 Å². The van der Waals surface area contributed by atoms with Gasteiger partial charge in [0.15, 0.2) is 0 Å². The molecule has 2 aromatic carbocycles. The molecule has 2 aromatic rings. The number of rotatable bonds is 6. The van der Waals surface area contributed by atoms with Crippen molar-refractivity contribution in [2.45, 2.75) is 38.4 Å². The lowest BCUT2D eigenvalue weighted by Gasteiger charge is -2.32. The van der Waals surface area contributed by atoms with Gasteiger partial charge in [0.25, 0.3) is 11.8 Å². The average molecular weight is 520 g/mol. The van der Waals surface area contributed by atoms with Crippen molar-refractivity contribution in [1.29, 1.82) is 0 Å². The highest BCUT2D eigenvalue weighted by Crippen LogP contribution is 2.28. The molecule has 3 heterocycles. The summed E-state index contributed by atoms with van der Waals surface area (Å²) in [5.41, 5.74) is 2.79. The molecule has 6 amide bonds. The molecule has 2 unspecified atom stereocenters. The molecule has 3 aliphatic heterocycles. The maximum atomic E-state index is 13.0. The van der Waals surface area contributed by atoms with Gasteiger partial charge in [-0.15, -0.1) is 0 Å². The Kier molecular flexibility index (Phi) is 7.21. The summed E-state index contributed by atoms with van der Waals surface area (Å²) < 4.78 is 5.42. The minimum atomic E-state index is -1.02. The molecule has 0 spiro atoms. The molecule has 0 saturated carbocycles. The second kappa shape index (κ2) is 10.7. The van der Waals surface area contributed by atoms with Crippen LogP contribution in [-0.4, -0.2) is 71.8 Å². The fraction of sp³-hybridized carbons (Fsp3) is 0.370. The predicted molar refractivity (Wildman–Crippen MR) is 136 cm³/mol. The van der Waals surface area contributed by atoms with E-state index in [1.807, 2.05) is 24.3 Å². The van der Waals surface area contributed by atoms with E-state index in [0.717, 1.165) is 36.8 Å². The fourth-order valence-electron chi connectivity index (χ4n) is 5.01. The largest absolute Gasteiger partial charge is 0.379 e. The Morgan fingerprint density at radius 2 is 1.74 bits per heavy atom. The molecular formula is C27H29N5O6. The van der Waals surface area contributed by atoms with Gasteiger partial charge in [-0.3, -0.25) is 34.3 Å². The predicted octanol–water partition coefficient (Wildman–Crippen LogP) is 1.80. The highest BCUT2D eigenvalue weighted by molar-refractivity contribution is 6.23. The van der Waals surface area contributed by atoms with Gasteiger partial charge in [0, 0.05) is 37.8 Å². The molecule has 38 heavy (non-hydrogen) atoms. The lowest BCUT2D eigenvalue weighted by molar-refractivity contribution is -0.136. The number of imide groups is 2. The molecule has 0 radical (unpaired) electrons. The Hall–Kier alpha value is -4.09. The number of piperidine rings is 1. The topological polar surface area (TPSA) is 137 Å². The summed E-state index contributed by atoms with van der Waals surface area (Å²) in [6.45, 7) is 5.53. The molecule has 5 rings (SSSR count). The van der Waals surface area contributed by atoms with E-state index in [-0.39, 0.29) is 36.6 Å². The Labute approximate surface area is 219 Å². The van der Waals surface area contributed by atoms with E-state index in [4.69, 9.17) is 4.74 Å². The molecule has 2 fully saturated rings. The zero-order valence-corrected chi connectivity index (χ0v) is 21.0. The Bertz CT molecular complexity index is 1290. The van der Waals surface area contributed by atoms with Crippen LogP contribution in [0.25, 0.3) is 0 Å². The Morgan fingerprint density at radius 3 is 2.45 bits per heavy atom. The minimum absolute atomic E-state index is 0.0592. The maximum absolute atomic E-state index is 13.0. The molecule has 2 saturated heterocycles. The van der Waals surface area contributed by atoms with Gasteiger partial charge >= 0.3 is 6.03 Å². The van der Waals surface area contributed by atoms with Crippen molar-refractivity contribution in [1.82, 2.24) is 20.4 Å². The summed E-state index contributed by atoms with van der Waals surface area (Å²) in [6, 6.07) is 11.2. The molecule has 2 atom stereocenters. The number of hydrogen-bond acceptors (Lipinski definition) is 7. The molecule has 11 heteroatoms. The first-order valence-electron chi connectivity index (χ1n) is 12.6. The van der Waals surface area contributed by atoms with E-state index in [1.54, 1.807) is 12.1 Å². The van der Waals surface area contributed by atoms with E-state index in [9.17, 15) is 24.0 Å². The standard InChI is InChI=1S/C27H29N5O6/c1-16(31-10-12-38-13-11-31)18-3-5-19(6-4-18)29-27(37)28-15-17-2-7-20-21(14-17)26(36)32(25(20)35)22-8-9-23(33)30-24(22)34/h2-7,14,16,22H,8-13,15H2,1H3,(H2,28,29,37)(H,30,33,34). The van der Waals surface area contributed by atoms with Crippen LogP contribution in [0.15, 0.2) is 42.5 Å². The number of amides is 6. The van der Waals surface area contributed by atoms with Crippen LogP contribution in [0.2, 0.25) is 0 Å². The molecule has 0 aromatic heterocycles. The van der Waals surface area contributed by atoms with Crippen LogP contribution >= 0.6 is 0 Å². The van der Waals surface area contributed by atoms with Gasteiger partial charge in [-0.25, -0.2) is 4.79 Å². The minimum Gasteiger partial charge on any atom is -0.379 e. The summed E-state index contributed by atoms with van der Waals surface area (Å²) in [5, 5.41) is 7.73. The molecular weight excluding hydrogens is 490 g/mol. The van der Waals surface area contributed by atoms with Crippen LogP contribution in [0.5, 0.6) is 0 Å². The summed E-state index contributed by atoms with van der Waals surface area (Å²) in [7, 11) is 0. The van der Waals surface area contributed by atoms with Gasteiger partial charge in [-0.05, 0) is 48.7 Å². The number of anilines is 1. The van der Waals surface area contributed by atoms with Gasteiger partial charge in [0.2, 0.25) is 11.8 Å². The number of carbonyl (C=O) groups excluding carboxylic acids is 5. The lowest BCUT2D eigenvalue weighted by Crippen LogP contribution is -2.54. The van der Waals surface area contributed by atoms with Crippen LogP contribution in [0.1, 0.15) is 57.7 Å². The van der Waals surface area contributed by atoms with E-state index >= 15 is 0 Å². The van der Waals surface area contributed by atoms with E-state index < -0.39 is 35.7 Å². The number of hydrogen-bond donors (Lipinski definition) is 3. The van der Waals surface area contributed by atoms with Crippen molar-refractivity contribution in [3.05, 3.63) is 64.7 Å². The van der Waals surface area contributed by atoms with E-state index in [0.29, 0.717) is 11.3 Å². The lowest BCUT2D eigenvalue weighted by atomic mass is 10.0. The number of carbonyl (C=O) groups is 5. The van der Waals surface area contributed by atoms with Gasteiger partial charge in [0.1, 0.15) is 6.04 Å². The average Bonchev–Trinajstić information content (AvgIpc) is 3.17. The zero-order valence-electron chi connectivity index (χ0n) is 21.0. The summed E-state index contributed by atoms with van der Waals surface area (Å²) >= 11 is 0. The van der Waals surface area contributed by atoms with Crippen LogP contribution in [0, 0.1) is 0 Å². The second-order valence-corrected chi connectivity index (χ2v) is 9.58. The first kappa shape index (κ1) is 25.6. The second-order valence-electron chi connectivity index (χ2n) is 9.58. The quantitative estimate of drug-likeness (QED) is 0.495. The highest BCUT2D eigenvalue weighted by atomic mass is 16.5. The number of ether oxygens (including phenoxy) is 1. The van der Waals surface area contributed by atoms with Gasteiger partial charge in [0.05, 0.1) is 24.3 Å². The highest BCUT2D eigenvalue weighted by Gasteiger charge is 2.44. The molecule has 11 nitrogen and oxygen atoms in total. The number of nitrogens with zero attached hydrogens (tertiary/aromatic N) is 2.